The zero-order valence-electron chi connectivity index (χ0n) is 17.0. The van der Waals surface area contributed by atoms with E-state index < -0.39 is 10.0 Å². The Balaban J connectivity index is 1.82. The zero-order chi connectivity index (χ0) is 21.2. The SMILES string of the molecule is CCN(CCCNC(=O)c1cc(-c2cccs2)nc2c1c(C)nn2C)S(C)(=O)=O. The van der Waals surface area contributed by atoms with E-state index in [-0.39, 0.29) is 5.91 Å². The van der Waals surface area contributed by atoms with Gasteiger partial charge in [-0.1, -0.05) is 13.0 Å². The number of nitrogens with one attached hydrogen (secondary N) is 1. The van der Waals surface area contributed by atoms with Gasteiger partial charge in [0, 0.05) is 26.7 Å². The molecular formula is C19H25N5O3S2. The van der Waals surface area contributed by atoms with Gasteiger partial charge in [0.05, 0.1) is 33.5 Å². The van der Waals surface area contributed by atoms with Crippen molar-refractivity contribution in [2.75, 3.05) is 25.9 Å². The van der Waals surface area contributed by atoms with Crippen molar-refractivity contribution in [2.24, 2.45) is 7.05 Å². The molecule has 0 aliphatic rings. The van der Waals surface area contributed by atoms with Crippen molar-refractivity contribution in [2.45, 2.75) is 20.3 Å². The van der Waals surface area contributed by atoms with Gasteiger partial charge in [-0.25, -0.2) is 17.7 Å². The normalized spacial score (nSPS) is 12.0. The molecule has 1 amide bonds. The number of hydrogen-bond donors (Lipinski definition) is 1. The Kier molecular flexibility index (Phi) is 6.35. The van der Waals surface area contributed by atoms with Crippen LogP contribution in [0.4, 0.5) is 0 Å². The van der Waals surface area contributed by atoms with E-state index in [2.05, 4.69) is 10.4 Å². The number of rotatable bonds is 8. The van der Waals surface area contributed by atoms with Crippen molar-refractivity contribution in [3.63, 3.8) is 0 Å². The average Bonchev–Trinajstić information content (AvgIpc) is 3.28. The van der Waals surface area contributed by atoms with Crippen LogP contribution in [0, 0.1) is 6.92 Å². The van der Waals surface area contributed by atoms with E-state index in [9.17, 15) is 13.2 Å². The number of pyridine rings is 1. The summed E-state index contributed by atoms with van der Waals surface area (Å²) in [5, 5.41) is 10.0. The topological polar surface area (TPSA) is 97.2 Å². The summed E-state index contributed by atoms with van der Waals surface area (Å²) in [6, 6.07) is 5.71. The van der Waals surface area contributed by atoms with Crippen LogP contribution in [0.5, 0.6) is 0 Å². The fraction of sp³-hybridized carbons (Fsp3) is 0.421. The van der Waals surface area contributed by atoms with Gasteiger partial charge in [-0.05, 0) is 30.9 Å². The molecule has 0 aliphatic heterocycles. The van der Waals surface area contributed by atoms with Crippen LogP contribution >= 0.6 is 11.3 Å². The third-order valence-corrected chi connectivity index (χ3v) is 6.95. The maximum Gasteiger partial charge on any atom is 0.252 e. The number of amides is 1. The van der Waals surface area contributed by atoms with Gasteiger partial charge >= 0.3 is 0 Å². The van der Waals surface area contributed by atoms with E-state index in [0.717, 1.165) is 21.7 Å². The molecule has 3 heterocycles. The summed E-state index contributed by atoms with van der Waals surface area (Å²) in [6.45, 7) is 4.81. The molecule has 0 radical (unpaired) electrons. The molecule has 0 aliphatic carbocycles. The molecule has 29 heavy (non-hydrogen) atoms. The second-order valence-electron chi connectivity index (χ2n) is 6.80. The molecule has 0 saturated heterocycles. The van der Waals surface area contributed by atoms with Crippen molar-refractivity contribution in [3.05, 3.63) is 34.8 Å². The van der Waals surface area contributed by atoms with Crippen molar-refractivity contribution >= 4 is 38.3 Å². The minimum Gasteiger partial charge on any atom is -0.352 e. The summed E-state index contributed by atoms with van der Waals surface area (Å²) in [4.78, 5) is 18.6. The summed E-state index contributed by atoms with van der Waals surface area (Å²) in [5.41, 5.74) is 2.66. The van der Waals surface area contributed by atoms with Gasteiger partial charge in [0.2, 0.25) is 10.0 Å². The molecule has 1 N–H and O–H groups in total. The van der Waals surface area contributed by atoms with Crippen molar-refractivity contribution in [1.82, 2.24) is 24.4 Å². The van der Waals surface area contributed by atoms with E-state index in [1.165, 1.54) is 10.6 Å². The Morgan fingerprint density at radius 1 is 1.38 bits per heavy atom. The molecule has 10 heteroatoms. The molecule has 156 valence electrons. The molecule has 8 nitrogen and oxygen atoms in total. The summed E-state index contributed by atoms with van der Waals surface area (Å²) >= 11 is 1.56. The fourth-order valence-corrected chi connectivity index (χ4v) is 4.90. The van der Waals surface area contributed by atoms with Crippen LogP contribution < -0.4 is 5.32 Å². The lowest BCUT2D eigenvalue weighted by atomic mass is 10.1. The Labute approximate surface area is 174 Å². The predicted molar refractivity (Wildman–Crippen MR) is 116 cm³/mol. The molecular weight excluding hydrogens is 410 g/mol. The van der Waals surface area contributed by atoms with Gasteiger partial charge in [-0.3, -0.25) is 9.48 Å². The second-order valence-corrected chi connectivity index (χ2v) is 9.73. The highest BCUT2D eigenvalue weighted by atomic mass is 32.2. The first-order valence-electron chi connectivity index (χ1n) is 9.34. The lowest BCUT2D eigenvalue weighted by Gasteiger charge is -2.17. The zero-order valence-corrected chi connectivity index (χ0v) is 18.6. The number of aromatic nitrogens is 3. The van der Waals surface area contributed by atoms with Gasteiger partial charge in [0.25, 0.3) is 5.91 Å². The predicted octanol–water partition coefficient (Wildman–Crippen LogP) is 2.41. The van der Waals surface area contributed by atoms with E-state index in [0.29, 0.717) is 37.3 Å². The quantitative estimate of drug-likeness (QED) is 0.548. The highest BCUT2D eigenvalue weighted by molar-refractivity contribution is 7.88. The Morgan fingerprint density at radius 2 is 2.14 bits per heavy atom. The highest BCUT2D eigenvalue weighted by Gasteiger charge is 2.20. The van der Waals surface area contributed by atoms with E-state index in [4.69, 9.17) is 4.98 Å². The Hall–Kier alpha value is -2.30. The van der Waals surface area contributed by atoms with Gasteiger partial charge in [0.15, 0.2) is 5.65 Å². The maximum absolute atomic E-state index is 12.9. The van der Waals surface area contributed by atoms with Crippen molar-refractivity contribution < 1.29 is 13.2 Å². The lowest BCUT2D eigenvalue weighted by Crippen LogP contribution is -2.33. The average molecular weight is 436 g/mol. The minimum absolute atomic E-state index is 0.214. The first-order chi connectivity index (χ1) is 13.7. The molecule has 0 aromatic carbocycles. The molecule has 0 saturated carbocycles. The van der Waals surface area contributed by atoms with E-state index >= 15 is 0 Å². The van der Waals surface area contributed by atoms with E-state index in [1.807, 2.05) is 31.5 Å². The number of carbonyl (C=O) groups excluding carboxylic acids is 1. The van der Waals surface area contributed by atoms with Crippen LogP contribution in [-0.2, 0) is 17.1 Å². The van der Waals surface area contributed by atoms with Gasteiger partial charge in [-0.15, -0.1) is 11.3 Å². The largest absolute Gasteiger partial charge is 0.352 e. The molecule has 3 aromatic heterocycles. The number of sulfonamides is 1. The molecule has 0 spiro atoms. The number of thiophene rings is 1. The first kappa shape index (κ1) is 21.4. The third kappa shape index (κ3) is 4.65. The first-order valence-corrected chi connectivity index (χ1v) is 12.1. The molecule has 0 bridgehead atoms. The third-order valence-electron chi connectivity index (χ3n) is 4.68. The summed E-state index contributed by atoms with van der Waals surface area (Å²) in [5.74, 6) is -0.214. The van der Waals surface area contributed by atoms with Crippen LogP contribution in [0.15, 0.2) is 23.6 Å². The standard InChI is InChI=1S/C19H25N5O3S2/c1-5-24(29(4,26)27)10-7-9-20-19(25)14-12-15(16-8-6-11-28-16)21-18-17(14)13(2)22-23(18)3/h6,8,11-12H,5,7,9-10H2,1-4H3,(H,20,25). The van der Waals surface area contributed by atoms with Crippen molar-refractivity contribution in [1.29, 1.82) is 0 Å². The lowest BCUT2D eigenvalue weighted by molar-refractivity contribution is 0.0954. The molecule has 0 unspecified atom stereocenters. The van der Waals surface area contributed by atoms with Crippen LogP contribution in [0.25, 0.3) is 21.6 Å². The minimum atomic E-state index is -3.23. The summed E-state index contributed by atoms with van der Waals surface area (Å²) < 4.78 is 26.4. The number of aryl methyl sites for hydroxylation is 2. The summed E-state index contributed by atoms with van der Waals surface area (Å²) in [6.07, 6.45) is 1.73. The van der Waals surface area contributed by atoms with Crippen molar-refractivity contribution in [3.8, 4) is 10.6 Å². The van der Waals surface area contributed by atoms with E-state index in [1.54, 1.807) is 29.0 Å². The number of fused-ring (bicyclic) bond motifs is 1. The summed E-state index contributed by atoms with van der Waals surface area (Å²) in [7, 11) is -1.42. The van der Waals surface area contributed by atoms with Crippen LogP contribution in [-0.4, -0.2) is 59.3 Å². The fourth-order valence-electron chi connectivity index (χ4n) is 3.29. The van der Waals surface area contributed by atoms with Gasteiger partial charge < -0.3 is 5.32 Å². The highest BCUT2D eigenvalue weighted by Crippen LogP contribution is 2.29. The maximum atomic E-state index is 12.9. The van der Waals surface area contributed by atoms with Crippen LogP contribution in [0.2, 0.25) is 0 Å². The second kappa shape index (κ2) is 8.60. The Bertz CT molecular complexity index is 1120. The molecule has 3 aromatic rings. The number of nitrogens with zero attached hydrogens (tertiary/aromatic N) is 4. The van der Waals surface area contributed by atoms with Gasteiger partial charge in [-0.2, -0.15) is 5.10 Å². The Morgan fingerprint density at radius 3 is 2.76 bits per heavy atom. The molecule has 0 fully saturated rings. The smallest absolute Gasteiger partial charge is 0.252 e. The number of hydrogen-bond acceptors (Lipinski definition) is 6. The van der Waals surface area contributed by atoms with Gasteiger partial charge in [0.1, 0.15) is 0 Å². The molecule has 0 atom stereocenters. The number of carbonyl (C=O) groups is 1. The molecule has 3 rings (SSSR count). The van der Waals surface area contributed by atoms with Crippen LogP contribution in [0.1, 0.15) is 29.4 Å². The monoisotopic (exact) mass is 435 g/mol. The van der Waals surface area contributed by atoms with Crippen LogP contribution in [0.3, 0.4) is 0 Å².